The van der Waals surface area contributed by atoms with Gasteiger partial charge in [-0.25, -0.2) is 0 Å². The van der Waals surface area contributed by atoms with Crippen LogP contribution in [0.1, 0.15) is 25.5 Å². The van der Waals surface area contributed by atoms with E-state index in [1.165, 1.54) is 12.8 Å². The Morgan fingerprint density at radius 1 is 1.55 bits per heavy atom. The first-order valence-corrected chi connectivity index (χ1v) is 7.41. The summed E-state index contributed by atoms with van der Waals surface area (Å²) in [7, 11) is 1.83. The van der Waals surface area contributed by atoms with E-state index in [0.717, 1.165) is 25.4 Å². The lowest BCUT2D eigenvalue weighted by Gasteiger charge is -2.26. The number of carbonyl (C=O) groups is 1. The summed E-state index contributed by atoms with van der Waals surface area (Å²) in [6, 6.07) is 4.28. The third-order valence-electron chi connectivity index (χ3n) is 3.85. The summed E-state index contributed by atoms with van der Waals surface area (Å²) < 4.78 is 5.28. The highest BCUT2D eigenvalue weighted by molar-refractivity contribution is 5.77. The van der Waals surface area contributed by atoms with E-state index in [-0.39, 0.29) is 5.91 Å². The molecule has 0 bridgehead atoms. The summed E-state index contributed by atoms with van der Waals surface area (Å²) >= 11 is 0. The summed E-state index contributed by atoms with van der Waals surface area (Å²) in [5.41, 5.74) is 0. The number of amides is 1. The molecule has 20 heavy (non-hydrogen) atoms. The highest BCUT2D eigenvalue weighted by atomic mass is 16.3. The van der Waals surface area contributed by atoms with Crippen LogP contribution < -0.4 is 5.32 Å². The highest BCUT2D eigenvalue weighted by Gasteiger charge is 2.20. The minimum atomic E-state index is 0.140. The maximum Gasteiger partial charge on any atom is 0.236 e. The molecule has 0 spiro atoms. The lowest BCUT2D eigenvalue weighted by molar-refractivity contribution is -0.131. The molecular formula is C15H25N3O2. The van der Waals surface area contributed by atoms with Crippen LogP contribution in [0.3, 0.4) is 0 Å². The van der Waals surface area contributed by atoms with Gasteiger partial charge in [-0.1, -0.05) is 6.92 Å². The Balaban J connectivity index is 1.78. The van der Waals surface area contributed by atoms with E-state index in [0.29, 0.717) is 19.1 Å². The molecule has 1 aromatic heterocycles. The quantitative estimate of drug-likeness (QED) is 0.817. The molecule has 0 radical (unpaired) electrons. The van der Waals surface area contributed by atoms with Crippen molar-refractivity contribution in [3.8, 4) is 0 Å². The number of hydrogen-bond acceptors (Lipinski definition) is 4. The first-order valence-electron chi connectivity index (χ1n) is 7.41. The molecule has 1 aliphatic rings. The molecule has 2 heterocycles. The lowest BCUT2D eigenvalue weighted by atomic mass is 10.2. The second-order valence-electron chi connectivity index (χ2n) is 5.45. The largest absolute Gasteiger partial charge is 0.467 e. The molecule has 1 atom stereocenters. The minimum Gasteiger partial charge on any atom is -0.467 e. The molecule has 0 aromatic carbocycles. The molecule has 1 aromatic rings. The molecule has 1 unspecified atom stereocenters. The van der Waals surface area contributed by atoms with Crippen LogP contribution >= 0.6 is 0 Å². The third-order valence-corrected chi connectivity index (χ3v) is 3.85. The van der Waals surface area contributed by atoms with Crippen molar-refractivity contribution in [2.45, 2.75) is 32.4 Å². The normalized spacial score (nSPS) is 18.6. The summed E-state index contributed by atoms with van der Waals surface area (Å²) in [4.78, 5) is 16.2. The van der Waals surface area contributed by atoms with Crippen molar-refractivity contribution in [1.82, 2.24) is 15.1 Å². The van der Waals surface area contributed by atoms with Crippen molar-refractivity contribution in [2.75, 3.05) is 33.2 Å². The smallest absolute Gasteiger partial charge is 0.236 e. The van der Waals surface area contributed by atoms with Gasteiger partial charge >= 0.3 is 0 Å². The van der Waals surface area contributed by atoms with E-state index >= 15 is 0 Å². The summed E-state index contributed by atoms with van der Waals surface area (Å²) in [6.45, 7) is 6.08. The van der Waals surface area contributed by atoms with Crippen molar-refractivity contribution >= 4 is 5.91 Å². The Bertz CT molecular complexity index is 399. The maximum atomic E-state index is 12.2. The molecule has 1 N–H and O–H groups in total. The van der Waals surface area contributed by atoms with E-state index in [2.05, 4.69) is 17.1 Å². The topological polar surface area (TPSA) is 48.7 Å². The van der Waals surface area contributed by atoms with Crippen LogP contribution in [0.15, 0.2) is 22.8 Å². The second kappa shape index (κ2) is 7.45. The zero-order valence-corrected chi connectivity index (χ0v) is 12.5. The molecule has 2 rings (SSSR count). The number of nitrogens with one attached hydrogen (secondary N) is 1. The van der Waals surface area contributed by atoms with Gasteiger partial charge < -0.3 is 14.6 Å². The van der Waals surface area contributed by atoms with Crippen LogP contribution in [-0.4, -0.2) is 55.0 Å². The van der Waals surface area contributed by atoms with Crippen LogP contribution in [0, 0.1) is 0 Å². The zero-order valence-electron chi connectivity index (χ0n) is 12.5. The van der Waals surface area contributed by atoms with Crippen molar-refractivity contribution in [1.29, 1.82) is 0 Å². The van der Waals surface area contributed by atoms with Crippen LogP contribution in [0.2, 0.25) is 0 Å². The molecular weight excluding hydrogens is 254 g/mol. The molecule has 1 aliphatic heterocycles. The number of furan rings is 1. The Morgan fingerprint density at radius 2 is 2.40 bits per heavy atom. The Hall–Kier alpha value is -1.33. The first-order chi connectivity index (χ1) is 9.69. The average Bonchev–Trinajstić information content (AvgIpc) is 3.11. The molecule has 5 heteroatoms. The monoisotopic (exact) mass is 279 g/mol. The Kier molecular flexibility index (Phi) is 5.61. The number of nitrogens with zero attached hydrogens (tertiary/aromatic N) is 2. The van der Waals surface area contributed by atoms with Crippen LogP contribution in [0.4, 0.5) is 0 Å². The molecule has 5 nitrogen and oxygen atoms in total. The minimum absolute atomic E-state index is 0.140. The van der Waals surface area contributed by atoms with E-state index in [1.807, 2.05) is 19.2 Å². The highest BCUT2D eigenvalue weighted by Crippen LogP contribution is 2.08. The SMILES string of the molecule is CCN(CC(=O)N(C)Cc1ccco1)CC1CCCN1. The predicted molar refractivity (Wildman–Crippen MR) is 78.3 cm³/mol. The van der Waals surface area contributed by atoms with Crippen molar-refractivity contribution in [3.63, 3.8) is 0 Å². The van der Waals surface area contributed by atoms with E-state index < -0.39 is 0 Å². The van der Waals surface area contributed by atoms with Crippen molar-refractivity contribution in [2.24, 2.45) is 0 Å². The van der Waals surface area contributed by atoms with Gasteiger partial charge in [0.2, 0.25) is 5.91 Å². The van der Waals surface area contributed by atoms with E-state index in [9.17, 15) is 4.79 Å². The molecule has 1 saturated heterocycles. The number of likely N-dealkylation sites (N-methyl/N-ethyl adjacent to an activating group) is 2. The molecule has 1 fully saturated rings. The molecule has 112 valence electrons. The van der Waals surface area contributed by atoms with Gasteiger partial charge in [0.25, 0.3) is 0 Å². The fraction of sp³-hybridized carbons (Fsp3) is 0.667. The van der Waals surface area contributed by atoms with E-state index in [4.69, 9.17) is 4.42 Å². The zero-order chi connectivity index (χ0) is 14.4. The average molecular weight is 279 g/mol. The predicted octanol–water partition coefficient (Wildman–Crippen LogP) is 1.31. The van der Waals surface area contributed by atoms with E-state index in [1.54, 1.807) is 11.2 Å². The third kappa shape index (κ3) is 4.35. The van der Waals surface area contributed by atoms with Gasteiger partial charge in [0.15, 0.2) is 0 Å². The lowest BCUT2D eigenvalue weighted by Crippen LogP contribution is -2.43. The van der Waals surface area contributed by atoms with Crippen molar-refractivity contribution < 1.29 is 9.21 Å². The first kappa shape index (κ1) is 15.1. The molecule has 0 saturated carbocycles. The maximum absolute atomic E-state index is 12.2. The van der Waals surface area contributed by atoms with Crippen LogP contribution in [-0.2, 0) is 11.3 Å². The van der Waals surface area contributed by atoms with Gasteiger partial charge in [0, 0.05) is 19.6 Å². The number of hydrogen-bond donors (Lipinski definition) is 1. The summed E-state index contributed by atoms with van der Waals surface area (Å²) in [5.74, 6) is 0.961. The second-order valence-corrected chi connectivity index (χ2v) is 5.45. The Morgan fingerprint density at radius 3 is 3.00 bits per heavy atom. The molecule has 0 aliphatic carbocycles. The Labute approximate surface area is 120 Å². The molecule has 1 amide bonds. The van der Waals surface area contributed by atoms with Gasteiger partial charge in [-0.15, -0.1) is 0 Å². The fourth-order valence-electron chi connectivity index (χ4n) is 2.57. The standard InChI is InChI=1S/C15H25N3O2/c1-3-18(10-13-6-4-8-16-13)12-15(19)17(2)11-14-7-5-9-20-14/h5,7,9,13,16H,3-4,6,8,10-12H2,1-2H3. The van der Waals surface area contributed by atoms with Crippen LogP contribution in [0.5, 0.6) is 0 Å². The van der Waals surface area contributed by atoms with Crippen LogP contribution in [0.25, 0.3) is 0 Å². The van der Waals surface area contributed by atoms with Crippen molar-refractivity contribution in [3.05, 3.63) is 24.2 Å². The number of rotatable bonds is 7. The van der Waals surface area contributed by atoms with Gasteiger partial charge in [-0.3, -0.25) is 9.69 Å². The van der Waals surface area contributed by atoms with Gasteiger partial charge in [0.05, 0.1) is 19.4 Å². The van der Waals surface area contributed by atoms with Gasteiger partial charge in [0.1, 0.15) is 5.76 Å². The van der Waals surface area contributed by atoms with Gasteiger partial charge in [-0.05, 0) is 38.1 Å². The van der Waals surface area contributed by atoms with Gasteiger partial charge in [-0.2, -0.15) is 0 Å². The summed E-state index contributed by atoms with van der Waals surface area (Å²) in [5, 5.41) is 3.48. The fourth-order valence-corrected chi connectivity index (χ4v) is 2.57. The summed E-state index contributed by atoms with van der Waals surface area (Å²) in [6.07, 6.45) is 4.10. The number of carbonyl (C=O) groups excluding carboxylic acids is 1.